The largest absolute Gasteiger partial charge is 0.369 e. The summed E-state index contributed by atoms with van der Waals surface area (Å²) in [6, 6.07) is 6.51. The van der Waals surface area contributed by atoms with E-state index in [0.29, 0.717) is 0 Å². The van der Waals surface area contributed by atoms with Gasteiger partial charge in [-0.1, -0.05) is 38.8 Å². The molecule has 0 heterocycles. The van der Waals surface area contributed by atoms with Gasteiger partial charge < -0.3 is 10.5 Å². The zero-order chi connectivity index (χ0) is 14.5. The van der Waals surface area contributed by atoms with Crippen LogP contribution < -0.4 is 5.73 Å². The van der Waals surface area contributed by atoms with E-state index in [1.54, 1.807) is 12.1 Å². The van der Waals surface area contributed by atoms with Crippen molar-refractivity contribution >= 4 is 0 Å². The van der Waals surface area contributed by atoms with Crippen LogP contribution in [0.1, 0.15) is 57.6 Å². The lowest BCUT2D eigenvalue weighted by molar-refractivity contribution is -0.0518. The molecule has 112 valence electrons. The van der Waals surface area contributed by atoms with E-state index in [1.807, 2.05) is 0 Å². The van der Waals surface area contributed by atoms with Crippen molar-refractivity contribution in [3.63, 3.8) is 0 Å². The highest BCUT2D eigenvalue weighted by Gasteiger charge is 2.26. The standard InChI is InChI=1S/C17H26FNO/c1-3-16(19)17(13-7-9-14(18)10-8-13)20-15-6-4-5-12(2)11-15/h7-10,12,15-17H,3-6,11,19H2,1-2H3. The Labute approximate surface area is 121 Å². The summed E-state index contributed by atoms with van der Waals surface area (Å²) < 4.78 is 19.4. The molecule has 1 aliphatic rings. The van der Waals surface area contributed by atoms with Gasteiger partial charge in [0.2, 0.25) is 0 Å². The van der Waals surface area contributed by atoms with Crippen LogP contribution in [0.2, 0.25) is 0 Å². The first kappa shape index (κ1) is 15.5. The van der Waals surface area contributed by atoms with Crippen LogP contribution in [0, 0.1) is 11.7 Å². The first-order valence-corrected chi connectivity index (χ1v) is 7.76. The van der Waals surface area contributed by atoms with Gasteiger partial charge in [-0.15, -0.1) is 0 Å². The maximum Gasteiger partial charge on any atom is 0.123 e. The quantitative estimate of drug-likeness (QED) is 0.876. The van der Waals surface area contributed by atoms with Gasteiger partial charge >= 0.3 is 0 Å². The summed E-state index contributed by atoms with van der Waals surface area (Å²) in [6.45, 7) is 4.34. The lowest BCUT2D eigenvalue weighted by atomic mass is 9.88. The molecule has 0 saturated heterocycles. The van der Waals surface area contributed by atoms with E-state index in [4.69, 9.17) is 10.5 Å². The van der Waals surface area contributed by atoms with Crippen molar-refractivity contribution in [3.8, 4) is 0 Å². The van der Waals surface area contributed by atoms with Crippen molar-refractivity contribution in [1.29, 1.82) is 0 Å². The Morgan fingerprint density at radius 2 is 2.00 bits per heavy atom. The highest BCUT2D eigenvalue weighted by atomic mass is 19.1. The Morgan fingerprint density at radius 1 is 1.30 bits per heavy atom. The molecular weight excluding hydrogens is 253 g/mol. The summed E-state index contributed by atoms with van der Waals surface area (Å²) in [5, 5.41) is 0. The van der Waals surface area contributed by atoms with Crippen LogP contribution in [0.15, 0.2) is 24.3 Å². The molecule has 2 rings (SSSR count). The topological polar surface area (TPSA) is 35.2 Å². The molecule has 0 spiro atoms. The summed E-state index contributed by atoms with van der Waals surface area (Å²) in [5.74, 6) is 0.504. The summed E-state index contributed by atoms with van der Waals surface area (Å²) in [4.78, 5) is 0. The number of nitrogens with two attached hydrogens (primary N) is 1. The second-order valence-electron chi connectivity index (χ2n) is 6.07. The number of halogens is 1. The van der Waals surface area contributed by atoms with E-state index >= 15 is 0 Å². The highest BCUT2D eigenvalue weighted by molar-refractivity contribution is 5.20. The molecule has 4 atom stereocenters. The van der Waals surface area contributed by atoms with Crippen molar-refractivity contribution < 1.29 is 9.13 Å². The van der Waals surface area contributed by atoms with Gasteiger partial charge in [0.15, 0.2) is 0 Å². The summed E-state index contributed by atoms with van der Waals surface area (Å²) in [6.07, 6.45) is 5.74. The van der Waals surface area contributed by atoms with Crippen molar-refractivity contribution in [1.82, 2.24) is 0 Å². The predicted octanol–water partition coefficient (Wildman–Crippen LogP) is 4.20. The molecule has 4 unspecified atom stereocenters. The van der Waals surface area contributed by atoms with Crippen LogP contribution in [-0.4, -0.2) is 12.1 Å². The Kier molecular flexibility index (Phi) is 5.55. The van der Waals surface area contributed by atoms with Gasteiger partial charge in [0.05, 0.1) is 12.2 Å². The molecule has 0 radical (unpaired) electrons. The van der Waals surface area contributed by atoms with E-state index in [0.717, 1.165) is 30.7 Å². The molecule has 0 aliphatic heterocycles. The van der Waals surface area contributed by atoms with Gasteiger partial charge in [0.25, 0.3) is 0 Å². The van der Waals surface area contributed by atoms with Gasteiger partial charge in [-0.3, -0.25) is 0 Å². The zero-order valence-electron chi connectivity index (χ0n) is 12.5. The molecule has 2 nitrogen and oxygen atoms in total. The van der Waals surface area contributed by atoms with Crippen molar-refractivity contribution in [2.24, 2.45) is 11.7 Å². The smallest absolute Gasteiger partial charge is 0.123 e. The Morgan fingerprint density at radius 3 is 2.60 bits per heavy atom. The third-order valence-corrected chi connectivity index (χ3v) is 4.29. The molecule has 20 heavy (non-hydrogen) atoms. The average Bonchev–Trinajstić information content (AvgIpc) is 2.45. The second-order valence-corrected chi connectivity index (χ2v) is 6.07. The van der Waals surface area contributed by atoms with Gasteiger partial charge in [-0.2, -0.15) is 0 Å². The third-order valence-electron chi connectivity index (χ3n) is 4.29. The van der Waals surface area contributed by atoms with Crippen molar-refractivity contribution in [3.05, 3.63) is 35.6 Å². The van der Waals surface area contributed by atoms with Crippen LogP contribution in [0.5, 0.6) is 0 Å². The van der Waals surface area contributed by atoms with E-state index in [1.165, 1.54) is 25.0 Å². The van der Waals surface area contributed by atoms with Crippen LogP contribution >= 0.6 is 0 Å². The fourth-order valence-corrected chi connectivity index (χ4v) is 3.00. The Bertz CT molecular complexity index is 406. The van der Waals surface area contributed by atoms with Gasteiger partial charge in [0.1, 0.15) is 5.82 Å². The maximum atomic E-state index is 13.1. The minimum absolute atomic E-state index is 0.0438. The van der Waals surface area contributed by atoms with E-state index < -0.39 is 0 Å². The number of hydrogen-bond acceptors (Lipinski definition) is 2. The number of hydrogen-bond donors (Lipinski definition) is 1. The van der Waals surface area contributed by atoms with Crippen molar-refractivity contribution in [2.75, 3.05) is 0 Å². The van der Waals surface area contributed by atoms with Gasteiger partial charge in [0, 0.05) is 6.04 Å². The van der Waals surface area contributed by atoms with Crippen LogP contribution in [0.3, 0.4) is 0 Å². The molecule has 0 amide bonds. The lowest BCUT2D eigenvalue weighted by Gasteiger charge is -2.33. The number of rotatable bonds is 5. The highest BCUT2D eigenvalue weighted by Crippen LogP contribution is 2.31. The summed E-state index contributed by atoms with van der Waals surface area (Å²) in [7, 11) is 0. The van der Waals surface area contributed by atoms with Crippen LogP contribution in [0.25, 0.3) is 0 Å². The minimum atomic E-state index is -0.219. The molecule has 1 fully saturated rings. The zero-order valence-corrected chi connectivity index (χ0v) is 12.5. The SMILES string of the molecule is CCC(N)C(OC1CCCC(C)C1)c1ccc(F)cc1. The molecule has 3 heteroatoms. The Hall–Kier alpha value is -0.930. The Balaban J connectivity index is 2.09. The monoisotopic (exact) mass is 279 g/mol. The molecular formula is C17H26FNO. The van der Waals surface area contributed by atoms with Crippen LogP contribution in [-0.2, 0) is 4.74 Å². The first-order valence-electron chi connectivity index (χ1n) is 7.76. The maximum absolute atomic E-state index is 13.1. The first-order chi connectivity index (χ1) is 9.60. The van der Waals surface area contributed by atoms with Gasteiger partial charge in [-0.05, 0) is 42.9 Å². The summed E-state index contributed by atoms with van der Waals surface area (Å²) >= 11 is 0. The molecule has 0 aromatic heterocycles. The second kappa shape index (κ2) is 7.19. The van der Waals surface area contributed by atoms with E-state index in [9.17, 15) is 4.39 Å². The van der Waals surface area contributed by atoms with Gasteiger partial charge in [-0.25, -0.2) is 4.39 Å². The molecule has 1 aromatic carbocycles. The molecule has 0 bridgehead atoms. The fraction of sp³-hybridized carbons (Fsp3) is 0.647. The molecule has 1 aliphatic carbocycles. The number of benzene rings is 1. The molecule has 1 saturated carbocycles. The van der Waals surface area contributed by atoms with E-state index in [-0.39, 0.29) is 24.1 Å². The molecule has 1 aromatic rings. The average molecular weight is 279 g/mol. The summed E-state index contributed by atoms with van der Waals surface area (Å²) in [5.41, 5.74) is 7.21. The predicted molar refractivity (Wildman–Crippen MR) is 79.9 cm³/mol. The van der Waals surface area contributed by atoms with Crippen LogP contribution in [0.4, 0.5) is 4.39 Å². The minimum Gasteiger partial charge on any atom is -0.369 e. The fourth-order valence-electron chi connectivity index (χ4n) is 3.00. The molecule has 2 N–H and O–H groups in total. The number of ether oxygens (including phenoxy) is 1. The van der Waals surface area contributed by atoms with E-state index in [2.05, 4.69) is 13.8 Å². The normalized spacial score (nSPS) is 26.2. The lowest BCUT2D eigenvalue weighted by Crippen LogP contribution is -2.34. The van der Waals surface area contributed by atoms with Crippen molar-refractivity contribution in [2.45, 2.75) is 64.2 Å². The third kappa shape index (κ3) is 4.03.